The second-order valence-corrected chi connectivity index (χ2v) is 5.17. The van der Waals surface area contributed by atoms with E-state index in [1.165, 1.54) is 12.8 Å². The fourth-order valence-electron chi connectivity index (χ4n) is 2.30. The lowest BCUT2D eigenvalue weighted by molar-refractivity contribution is 0.0183. The first kappa shape index (κ1) is 13.9. The van der Waals surface area contributed by atoms with Crippen molar-refractivity contribution in [2.75, 3.05) is 32.8 Å². The van der Waals surface area contributed by atoms with Crippen molar-refractivity contribution in [2.24, 2.45) is 0 Å². The summed E-state index contributed by atoms with van der Waals surface area (Å²) in [6.45, 7) is 14.2. The molecule has 3 heteroatoms. The first-order chi connectivity index (χ1) is 7.59. The van der Waals surface area contributed by atoms with Crippen LogP contribution in [0.15, 0.2) is 0 Å². The maximum Gasteiger partial charge on any atom is 0.0779 e. The van der Waals surface area contributed by atoms with Crippen LogP contribution in [-0.4, -0.2) is 49.3 Å². The molecule has 96 valence electrons. The highest BCUT2D eigenvalue weighted by molar-refractivity contribution is 4.83. The Morgan fingerprint density at radius 3 is 2.56 bits per heavy atom. The maximum absolute atomic E-state index is 5.77. The molecule has 0 aliphatic carbocycles. The Morgan fingerprint density at radius 2 is 2.06 bits per heavy atom. The molecular formula is C13H28N2O. The summed E-state index contributed by atoms with van der Waals surface area (Å²) >= 11 is 0. The standard InChI is InChI=1S/C13H28N2O/c1-5-15(6-2)10-12(3)14-11-13(4)8-7-9-16-13/h12,14H,5-11H2,1-4H3. The molecule has 16 heavy (non-hydrogen) atoms. The number of ether oxygens (including phenoxy) is 1. The Hall–Kier alpha value is -0.120. The van der Waals surface area contributed by atoms with Gasteiger partial charge in [0.15, 0.2) is 0 Å². The minimum atomic E-state index is 0.0809. The first-order valence-corrected chi connectivity index (χ1v) is 6.69. The van der Waals surface area contributed by atoms with Gasteiger partial charge in [-0.3, -0.25) is 0 Å². The molecule has 1 fully saturated rings. The molecule has 3 nitrogen and oxygen atoms in total. The van der Waals surface area contributed by atoms with Crippen molar-refractivity contribution in [2.45, 2.75) is 52.2 Å². The van der Waals surface area contributed by atoms with Gasteiger partial charge in [-0.2, -0.15) is 0 Å². The van der Waals surface area contributed by atoms with Crippen molar-refractivity contribution >= 4 is 0 Å². The van der Waals surface area contributed by atoms with E-state index in [0.717, 1.165) is 32.8 Å². The Balaban J connectivity index is 2.21. The van der Waals surface area contributed by atoms with Crippen LogP contribution in [0.4, 0.5) is 0 Å². The van der Waals surface area contributed by atoms with Crippen LogP contribution in [0, 0.1) is 0 Å². The van der Waals surface area contributed by atoms with Crippen molar-refractivity contribution in [1.29, 1.82) is 0 Å². The second kappa shape index (κ2) is 6.58. The van der Waals surface area contributed by atoms with Crippen molar-refractivity contribution < 1.29 is 4.74 Å². The van der Waals surface area contributed by atoms with Gasteiger partial charge in [0.05, 0.1) is 5.60 Å². The Bertz CT molecular complexity index is 186. The van der Waals surface area contributed by atoms with Gasteiger partial charge in [0.1, 0.15) is 0 Å². The largest absolute Gasteiger partial charge is 0.374 e. The smallest absolute Gasteiger partial charge is 0.0779 e. The Labute approximate surface area is 101 Å². The second-order valence-electron chi connectivity index (χ2n) is 5.17. The number of rotatable bonds is 7. The van der Waals surface area contributed by atoms with Gasteiger partial charge in [0.25, 0.3) is 0 Å². The molecule has 2 unspecified atom stereocenters. The molecule has 1 aliphatic rings. The van der Waals surface area contributed by atoms with E-state index >= 15 is 0 Å². The summed E-state index contributed by atoms with van der Waals surface area (Å²) in [5.41, 5.74) is 0.0809. The van der Waals surface area contributed by atoms with Crippen LogP contribution in [0.2, 0.25) is 0 Å². The van der Waals surface area contributed by atoms with Gasteiger partial charge >= 0.3 is 0 Å². The third-order valence-electron chi connectivity index (χ3n) is 3.55. The van der Waals surface area contributed by atoms with E-state index in [4.69, 9.17) is 4.74 Å². The van der Waals surface area contributed by atoms with E-state index in [-0.39, 0.29) is 5.60 Å². The third-order valence-corrected chi connectivity index (χ3v) is 3.55. The number of hydrogen-bond donors (Lipinski definition) is 1. The van der Waals surface area contributed by atoms with Gasteiger partial charge in [-0.05, 0) is 39.8 Å². The predicted octanol–water partition coefficient (Wildman–Crippen LogP) is 1.88. The fourth-order valence-corrected chi connectivity index (χ4v) is 2.30. The molecule has 0 amide bonds. The average molecular weight is 228 g/mol. The van der Waals surface area contributed by atoms with Crippen molar-refractivity contribution in [3.63, 3.8) is 0 Å². The minimum absolute atomic E-state index is 0.0809. The van der Waals surface area contributed by atoms with Crippen LogP contribution in [0.25, 0.3) is 0 Å². The van der Waals surface area contributed by atoms with E-state index in [2.05, 4.69) is 37.9 Å². The zero-order chi connectivity index (χ0) is 12.0. The van der Waals surface area contributed by atoms with Gasteiger partial charge < -0.3 is 15.0 Å². The highest BCUT2D eigenvalue weighted by Gasteiger charge is 2.29. The van der Waals surface area contributed by atoms with Crippen molar-refractivity contribution in [3.05, 3.63) is 0 Å². The molecule has 1 N–H and O–H groups in total. The molecular weight excluding hydrogens is 200 g/mol. The predicted molar refractivity (Wildman–Crippen MR) is 68.8 cm³/mol. The normalized spacial score (nSPS) is 27.6. The minimum Gasteiger partial charge on any atom is -0.374 e. The molecule has 1 heterocycles. The van der Waals surface area contributed by atoms with Crippen LogP contribution in [0.5, 0.6) is 0 Å². The summed E-state index contributed by atoms with van der Waals surface area (Å²) in [7, 11) is 0. The van der Waals surface area contributed by atoms with Crippen LogP contribution in [0.1, 0.15) is 40.5 Å². The maximum atomic E-state index is 5.77. The molecule has 0 aromatic heterocycles. The lowest BCUT2D eigenvalue weighted by Gasteiger charge is -2.28. The SMILES string of the molecule is CCN(CC)CC(C)NCC1(C)CCCO1. The number of nitrogens with zero attached hydrogens (tertiary/aromatic N) is 1. The van der Waals surface area contributed by atoms with Crippen LogP contribution >= 0.6 is 0 Å². The number of hydrogen-bond acceptors (Lipinski definition) is 3. The lowest BCUT2D eigenvalue weighted by atomic mass is 10.0. The molecule has 1 aliphatic heterocycles. The number of likely N-dealkylation sites (N-methyl/N-ethyl adjacent to an activating group) is 1. The van der Waals surface area contributed by atoms with Crippen molar-refractivity contribution in [3.8, 4) is 0 Å². The molecule has 0 bridgehead atoms. The van der Waals surface area contributed by atoms with Crippen LogP contribution in [0.3, 0.4) is 0 Å². The van der Waals surface area contributed by atoms with E-state index in [0.29, 0.717) is 6.04 Å². The van der Waals surface area contributed by atoms with Crippen molar-refractivity contribution in [1.82, 2.24) is 10.2 Å². The molecule has 0 spiro atoms. The van der Waals surface area contributed by atoms with Crippen LogP contribution in [-0.2, 0) is 4.74 Å². The van der Waals surface area contributed by atoms with Crippen LogP contribution < -0.4 is 5.32 Å². The number of nitrogens with one attached hydrogen (secondary N) is 1. The van der Waals surface area contributed by atoms with Gasteiger partial charge in [-0.15, -0.1) is 0 Å². The van der Waals surface area contributed by atoms with E-state index < -0.39 is 0 Å². The summed E-state index contributed by atoms with van der Waals surface area (Å²) in [4.78, 5) is 2.45. The van der Waals surface area contributed by atoms with Gasteiger partial charge in [-0.25, -0.2) is 0 Å². The van der Waals surface area contributed by atoms with Gasteiger partial charge in [-0.1, -0.05) is 13.8 Å². The Morgan fingerprint density at radius 1 is 1.38 bits per heavy atom. The quantitative estimate of drug-likeness (QED) is 0.720. The van der Waals surface area contributed by atoms with E-state index in [9.17, 15) is 0 Å². The highest BCUT2D eigenvalue weighted by atomic mass is 16.5. The molecule has 2 atom stereocenters. The van der Waals surface area contributed by atoms with E-state index in [1.807, 2.05) is 0 Å². The average Bonchev–Trinajstić information content (AvgIpc) is 2.71. The zero-order valence-electron chi connectivity index (χ0n) is 11.4. The van der Waals surface area contributed by atoms with Gasteiger partial charge in [0, 0.05) is 25.7 Å². The first-order valence-electron chi connectivity index (χ1n) is 6.69. The Kier molecular flexibility index (Phi) is 5.73. The van der Waals surface area contributed by atoms with Gasteiger partial charge in [0.2, 0.25) is 0 Å². The summed E-state index contributed by atoms with van der Waals surface area (Å²) in [5, 5.41) is 3.60. The molecule has 0 aromatic carbocycles. The summed E-state index contributed by atoms with van der Waals surface area (Å²) in [6.07, 6.45) is 2.40. The summed E-state index contributed by atoms with van der Waals surface area (Å²) < 4.78 is 5.77. The molecule has 0 aromatic rings. The highest BCUT2D eigenvalue weighted by Crippen LogP contribution is 2.23. The summed E-state index contributed by atoms with van der Waals surface area (Å²) in [5.74, 6) is 0. The molecule has 1 rings (SSSR count). The molecule has 0 radical (unpaired) electrons. The molecule has 0 saturated carbocycles. The molecule has 1 saturated heterocycles. The third kappa shape index (κ3) is 4.40. The topological polar surface area (TPSA) is 24.5 Å². The monoisotopic (exact) mass is 228 g/mol. The van der Waals surface area contributed by atoms with E-state index in [1.54, 1.807) is 0 Å². The fraction of sp³-hybridized carbons (Fsp3) is 1.00. The lowest BCUT2D eigenvalue weighted by Crippen LogP contribution is -2.45. The summed E-state index contributed by atoms with van der Waals surface area (Å²) in [6, 6.07) is 0.543. The zero-order valence-corrected chi connectivity index (χ0v) is 11.4.